The van der Waals surface area contributed by atoms with Crippen molar-refractivity contribution < 1.29 is 4.79 Å². The van der Waals surface area contributed by atoms with Gasteiger partial charge in [-0.1, -0.05) is 35.8 Å². The van der Waals surface area contributed by atoms with E-state index in [0.717, 1.165) is 23.0 Å². The van der Waals surface area contributed by atoms with Gasteiger partial charge < -0.3 is 10.6 Å². The van der Waals surface area contributed by atoms with E-state index in [0.29, 0.717) is 11.6 Å². The number of carbonyl (C=O) groups is 1. The Bertz CT molecular complexity index is 626. The van der Waals surface area contributed by atoms with Gasteiger partial charge in [0, 0.05) is 16.1 Å². The normalized spacial score (nSPS) is 10.5. The van der Waals surface area contributed by atoms with Crippen LogP contribution in [0.3, 0.4) is 0 Å². The third-order valence-electron chi connectivity index (χ3n) is 3.37. The predicted molar refractivity (Wildman–Crippen MR) is 92.2 cm³/mol. The molecule has 1 aromatic carbocycles. The number of rotatable bonds is 6. The molecule has 0 bridgehead atoms. The zero-order valence-electron chi connectivity index (χ0n) is 12.6. The average Bonchev–Trinajstić information content (AvgIpc) is 2.50. The van der Waals surface area contributed by atoms with Gasteiger partial charge >= 0.3 is 0 Å². The molecule has 0 aliphatic rings. The van der Waals surface area contributed by atoms with Crippen molar-refractivity contribution in [3.63, 3.8) is 0 Å². The quantitative estimate of drug-likeness (QED) is 0.800. The molecule has 5 nitrogen and oxygen atoms in total. The highest BCUT2D eigenvalue weighted by molar-refractivity contribution is 9.10. The van der Waals surface area contributed by atoms with Crippen LogP contribution in [-0.2, 0) is 4.79 Å². The fourth-order valence-electron chi connectivity index (χ4n) is 2.07. The second kappa shape index (κ2) is 7.89. The first kappa shape index (κ1) is 16.4. The number of halogens is 1. The maximum absolute atomic E-state index is 12.0. The Morgan fingerprint density at radius 3 is 2.41 bits per heavy atom. The largest absolute Gasteiger partial charge is 0.339 e. The van der Waals surface area contributed by atoms with E-state index in [1.165, 1.54) is 0 Å². The molecule has 0 saturated heterocycles. The van der Waals surface area contributed by atoms with Crippen LogP contribution in [0.2, 0.25) is 0 Å². The lowest BCUT2D eigenvalue weighted by Gasteiger charge is -2.12. The van der Waals surface area contributed by atoms with Crippen molar-refractivity contribution in [2.75, 3.05) is 10.6 Å². The summed E-state index contributed by atoms with van der Waals surface area (Å²) in [5.41, 5.74) is 0.914. The number of benzene rings is 1. The molecule has 2 aromatic rings. The van der Waals surface area contributed by atoms with Crippen LogP contribution in [0, 0.1) is 5.92 Å². The Morgan fingerprint density at radius 2 is 1.82 bits per heavy atom. The summed E-state index contributed by atoms with van der Waals surface area (Å²) in [5.74, 6) is 1.10. The topological polar surface area (TPSA) is 66.9 Å². The number of nitrogens with zero attached hydrogens (tertiary/aromatic N) is 2. The SMILES string of the molecule is CCC(CC)C(=O)Nc1ccc(Nc2cccc(Br)c2)nn1. The summed E-state index contributed by atoms with van der Waals surface area (Å²) in [6.07, 6.45) is 1.64. The lowest BCUT2D eigenvalue weighted by atomic mass is 10.0. The van der Waals surface area contributed by atoms with Crippen LogP contribution >= 0.6 is 15.9 Å². The van der Waals surface area contributed by atoms with Crippen LogP contribution in [-0.4, -0.2) is 16.1 Å². The summed E-state index contributed by atoms with van der Waals surface area (Å²) >= 11 is 3.42. The minimum atomic E-state index is -0.00741. The Labute approximate surface area is 138 Å². The highest BCUT2D eigenvalue weighted by Crippen LogP contribution is 2.19. The van der Waals surface area contributed by atoms with Crippen LogP contribution in [0.15, 0.2) is 40.9 Å². The van der Waals surface area contributed by atoms with Crippen molar-refractivity contribution in [1.29, 1.82) is 0 Å². The first-order valence-electron chi connectivity index (χ1n) is 7.29. The Balaban J connectivity index is 2.00. The van der Waals surface area contributed by atoms with Gasteiger partial charge in [0.2, 0.25) is 5.91 Å². The average molecular weight is 363 g/mol. The summed E-state index contributed by atoms with van der Waals surface area (Å²) in [7, 11) is 0. The van der Waals surface area contributed by atoms with E-state index in [1.54, 1.807) is 12.1 Å². The molecule has 0 spiro atoms. The second-order valence-electron chi connectivity index (χ2n) is 4.94. The van der Waals surface area contributed by atoms with Gasteiger partial charge in [0.15, 0.2) is 11.6 Å². The second-order valence-corrected chi connectivity index (χ2v) is 5.86. The fraction of sp³-hybridized carbons (Fsp3) is 0.312. The maximum atomic E-state index is 12.0. The molecule has 1 amide bonds. The Kier molecular flexibility index (Phi) is 5.89. The fourth-order valence-corrected chi connectivity index (χ4v) is 2.47. The smallest absolute Gasteiger partial charge is 0.228 e. The standard InChI is InChI=1S/C16H19BrN4O/c1-3-11(4-2)16(22)19-15-9-8-14(20-21-15)18-13-7-5-6-12(17)10-13/h5-11H,3-4H2,1-2H3,(H,18,20)(H,19,21,22). The first-order chi connectivity index (χ1) is 10.6. The molecule has 0 radical (unpaired) electrons. The third kappa shape index (κ3) is 4.53. The van der Waals surface area contributed by atoms with Gasteiger partial charge in [0.1, 0.15) is 0 Å². The zero-order valence-corrected chi connectivity index (χ0v) is 14.2. The van der Waals surface area contributed by atoms with Crippen molar-refractivity contribution in [1.82, 2.24) is 10.2 Å². The van der Waals surface area contributed by atoms with Crippen molar-refractivity contribution in [2.24, 2.45) is 5.92 Å². The number of anilines is 3. The summed E-state index contributed by atoms with van der Waals surface area (Å²) < 4.78 is 0.986. The molecule has 22 heavy (non-hydrogen) atoms. The molecule has 6 heteroatoms. The summed E-state index contributed by atoms with van der Waals surface area (Å²) in [6, 6.07) is 11.3. The number of hydrogen-bond acceptors (Lipinski definition) is 4. The van der Waals surface area contributed by atoms with Crippen molar-refractivity contribution in [2.45, 2.75) is 26.7 Å². The van der Waals surface area contributed by atoms with Gasteiger partial charge in [-0.25, -0.2) is 0 Å². The first-order valence-corrected chi connectivity index (χ1v) is 8.08. The van der Waals surface area contributed by atoms with E-state index in [1.807, 2.05) is 38.1 Å². The van der Waals surface area contributed by atoms with E-state index < -0.39 is 0 Å². The molecule has 0 fully saturated rings. The zero-order chi connectivity index (χ0) is 15.9. The van der Waals surface area contributed by atoms with Crippen molar-refractivity contribution >= 4 is 39.2 Å². The molecular formula is C16H19BrN4O. The molecule has 1 aromatic heterocycles. The monoisotopic (exact) mass is 362 g/mol. The van der Waals surface area contributed by atoms with Crippen LogP contribution in [0.5, 0.6) is 0 Å². The molecule has 1 heterocycles. The molecular weight excluding hydrogens is 344 g/mol. The number of hydrogen-bond donors (Lipinski definition) is 2. The van der Waals surface area contributed by atoms with Gasteiger partial charge in [-0.2, -0.15) is 0 Å². The summed E-state index contributed by atoms with van der Waals surface area (Å²) in [4.78, 5) is 12.0. The van der Waals surface area contributed by atoms with Gasteiger partial charge in [-0.15, -0.1) is 10.2 Å². The number of nitrogens with one attached hydrogen (secondary N) is 2. The van der Waals surface area contributed by atoms with Crippen molar-refractivity contribution in [3.8, 4) is 0 Å². The highest BCUT2D eigenvalue weighted by Gasteiger charge is 2.14. The number of carbonyl (C=O) groups excluding carboxylic acids is 1. The van der Waals surface area contributed by atoms with E-state index >= 15 is 0 Å². The van der Waals surface area contributed by atoms with Crippen LogP contribution in [0.25, 0.3) is 0 Å². The van der Waals surface area contributed by atoms with Gasteiger partial charge in [-0.3, -0.25) is 4.79 Å². The van der Waals surface area contributed by atoms with Crippen LogP contribution < -0.4 is 10.6 Å². The molecule has 2 rings (SSSR count). The highest BCUT2D eigenvalue weighted by atomic mass is 79.9. The minimum absolute atomic E-state index is 0.00741. The van der Waals surface area contributed by atoms with E-state index in [4.69, 9.17) is 0 Å². The molecule has 116 valence electrons. The van der Waals surface area contributed by atoms with Gasteiger partial charge in [-0.05, 0) is 43.2 Å². The predicted octanol–water partition coefficient (Wildman–Crippen LogP) is 4.36. The van der Waals surface area contributed by atoms with Crippen LogP contribution in [0.4, 0.5) is 17.3 Å². The molecule has 0 saturated carbocycles. The molecule has 2 N–H and O–H groups in total. The summed E-state index contributed by atoms with van der Waals surface area (Å²) in [5, 5.41) is 14.1. The van der Waals surface area contributed by atoms with Gasteiger partial charge in [0.25, 0.3) is 0 Å². The maximum Gasteiger partial charge on any atom is 0.228 e. The van der Waals surface area contributed by atoms with E-state index in [9.17, 15) is 4.79 Å². The minimum Gasteiger partial charge on any atom is -0.339 e. The van der Waals surface area contributed by atoms with E-state index in [2.05, 4.69) is 36.8 Å². The molecule has 0 aliphatic carbocycles. The van der Waals surface area contributed by atoms with Gasteiger partial charge in [0.05, 0.1) is 0 Å². The lowest BCUT2D eigenvalue weighted by Crippen LogP contribution is -2.22. The molecule has 0 atom stereocenters. The van der Waals surface area contributed by atoms with Crippen LogP contribution in [0.1, 0.15) is 26.7 Å². The molecule has 0 unspecified atom stereocenters. The van der Waals surface area contributed by atoms with Crippen molar-refractivity contribution in [3.05, 3.63) is 40.9 Å². The third-order valence-corrected chi connectivity index (χ3v) is 3.86. The number of aromatic nitrogens is 2. The Hall–Kier alpha value is -1.95. The molecule has 0 aliphatic heterocycles. The van der Waals surface area contributed by atoms with E-state index in [-0.39, 0.29) is 11.8 Å². The lowest BCUT2D eigenvalue weighted by molar-refractivity contribution is -0.120. The number of amides is 1. The summed E-state index contributed by atoms with van der Waals surface area (Å²) in [6.45, 7) is 4.01. The Morgan fingerprint density at radius 1 is 1.14 bits per heavy atom.